The number of carbonyl (C=O) groups excluding carboxylic acids is 4. The Balaban J connectivity index is 2.05. The molecule has 0 atom stereocenters. The van der Waals surface area contributed by atoms with E-state index in [1.165, 1.54) is 0 Å². The summed E-state index contributed by atoms with van der Waals surface area (Å²) in [6, 6.07) is 3.44. The van der Waals surface area contributed by atoms with E-state index in [0.29, 0.717) is 11.5 Å². The fourth-order valence-corrected chi connectivity index (χ4v) is 4.77. The van der Waals surface area contributed by atoms with Crippen LogP contribution in [0.5, 0.6) is 0 Å². The zero-order valence-electron chi connectivity index (χ0n) is 16.8. The van der Waals surface area contributed by atoms with Gasteiger partial charge in [-0.15, -0.1) is 0 Å². The van der Waals surface area contributed by atoms with Crippen LogP contribution >= 0.6 is 0 Å². The predicted octanol–water partition coefficient (Wildman–Crippen LogP) is 3.82. The fourth-order valence-electron chi connectivity index (χ4n) is 4.77. The van der Waals surface area contributed by atoms with E-state index in [0.717, 1.165) is 0 Å². The lowest BCUT2D eigenvalue weighted by molar-refractivity contribution is -0.146. The molecule has 5 heteroatoms. The standard InChI is InChI=1S/C22H28O5/c1-12-6-7-17(27-12)20(18-13(23)8-21(2,3)9-14(18)24)19-15(25)10-22(4,5)11-16(19)26/h6-7,18-20H,8-11H2,1-5H3. The van der Waals surface area contributed by atoms with Gasteiger partial charge in [0.05, 0.1) is 17.8 Å². The summed E-state index contributed by atoms with van der Waals surface area (Å²) >= 11 is 0. The molecule has 1 aromatic rings. The Morgan fingerprint density at radius 1 is 0.778 bits per heavy atom. The SMILES string of the molecule is Cc1ccc(C(C2C(=O)CC(C)(C)CC2=O)C2C(=O)CC(C)(C)CC2=O)o1. The van der Waals surface area contributed by atoms with Crippen LogP contribution in [-0.2, 0) is 19.2 Å². The predicted molar refractivity (Wildman–Crippen MR) is 99.2 cm³/mol. The number of ketones is 4. The molecule has 3 rings (SSSR count). The van der Waals surface area contributed by atoms with Crippen molar-refractivity contribution in [3.05, 3.63) is 23.7 Å². The third kappa shape index (κ3) is 3.83. The minimum Gasteiger partial charge on any atom is -0.466 e. The normalized spacial score (nSPS) is 24.1. The molecule has 0 N–H and O–H groups in total. The van der Waals surface area contributed by atoms with Crippen molar-refractivity contribution in [2.75, 3.05) is 0 Å². The molecule has 146 valence electrons. The number of Topliss-reactive ketones (excluding diaryl/α,β-unsaturated/α-hetero) is 4. The summed E-state index contributed by atoms with van der Waals surface area (Å²) in [5, 5.41) is 0. The van der Waals surface area contributed by atoms with Crippen LogP contribution in [0, 0.1) is 29.6 Å². The summed E-state index contributed by atoms with van der Waals surface area (Å²) in [5.41, 5.74) is -0.784. The van der Waals surface area contributed by atoms with Gasteiger partial charge in [-0.2, -0.15) is 0 Å². The van der Waals surface area contributed by atoms with Crippen LogP contribution in [0.4, 0.5) is 0 Å². The quantitative estimate of drug-likeness (QED) is 0.754. The summed E-state index contributed by atoms with van der Waals surface area (Å²) in [4.78, 5) is 51.8. The van der Waals surface area contributed by atoms with Gasteiger partial charge in [-0.1, -0.05) is 27.7 Å². The van der Waals surface area contributed by atoms with Crippen LogP contribution in [0.2, 0.25) is 0 Å². The van der Waals surface area contributed by atoms with Crippen LogP contribution in [0.25, 0.3) is 0 Å². The van der Waals surface area contributed by atoms with E-state index < -0.39 is 28.6 Å². The van der Waals surface area contributed by atoms with Crippen molar-refractivity contribution >= 4 is 23.1 Å². The first-order valence-corrected chi connectivity index (χ1v) is 9.57. The summed E-state index contributed by atoms with van der Waals surface area (Å²) < 4.78 is 5.74. The summed E-state index contributed by atoms with van der Waals surface area (Å²) in [7, 11) is 0. The molecule has 0 amide bonds. The van der Waals surface area contributed by atoms with Crippen molar-refractivity contribution in [2.24, 2.45) is 22.7 Å². The second-order valence-corrected chi connectivity index (χ2v) is 9.83. The van der Waals surface area contributed by atoms with Gasteiger partial charge in [0.25, 0.3) is 0 Å². The third-order valence-electron chi connectivity index (χ3n) is 5.81. The molecular formula is C22H28O5. The van der Waals surface area contributed by atoms with Crippen LogP contribution in [0.15, 0.2) is 16.5 Å². The summed E-state index contributed by atoms with van der Waals surface area (Å²) in [6.45, 7) is 9.34. The van der Waals surface area contributed by atoms with Crippen LogP contribution in [-0.4, -0.2) is 23.1 Å². The van der Waals surface area contributed by atoms with Gasteiger partial charge in [0.2, 0.25) is 0 Å². The van der Waals surface area contributed by atoms with Crippen LogP contribution < -0.4 is 0 Å². The Morgan fingerprint density at radius 3 is 1.44 bits per heavy atom. The lowest BCUT2D eigenvalue weighted by Gasteiger charge is -2.40. The topological polar surface area (TPSA) is 81.4 Å². The van der Waals surface area contributed by atoms with Crippen molar-refractivity contribution in [2.45, 2.75) is 66.2 Å². The highest BCUT2D eigenvalue weighted by atomic mass is 16.3. The number of hydrogen-bond donors (Lipinski definition) is 0. The van der Waals surface area contributed by atoms with E-state index in [1.54, 1.807) is 19.1 Å². The molecule has 2 saturated carbocycles. The number of carbonyl (C=O) groups is 4. The van der Waals surface area contributed by atoms with E-state index in [-0.39, 0.29) is 48.8 Å². The van der Waals surface area contributed by atoms with Crippen molar-refractivity contribution < 1.29 is 23.6 Å². The van der Waals surface area contributed by atoms with Gasteiger partial charge in [-0.25, -0.2) is 0 Å². The maximum absolute atomic E-state index is 12.9. The van der Waals surface area contributed by atoms with E-state index in [1.807, 2.05) is 27.7 Å². The second-order valence-electron chi connectivity index (χ2n) is 9.83. The first kappa shape index (κ1) is 19.7. The molecule has 0 aliphatic heterocycles. The summed E-state index contributed by atoms with van der Waals surface area (Å²) in [5.74, 6) is -2.55. The monoisotopic (exact) mass is 372 g/mol. The second kappa shape index (κ2) is 6.54. The molecule has 27 heavy (non-hydrogen) atoms. The Morgan fingerprint density at radius 2 is 1.15 bits per heavy atom. The fraction of sp³-hybridized carbons (Fsp3) is 0.636. The Labute approximate surface area is 159 Å². The van der Waals surface area contributed by atoms with Crippen LogP contribution in [0.1, 0.15) is 70.8 Å². The van der Waals surface area contributed by atoms with Crippen LogP contribution in [0.3, 0.4) is 0 Å². The molecule has 0 radical (unpaired) electrons. The van der Waals surface area contributed by atoms with E-state index >= 15 is 0 Å². The van der Waals surface area contributed by atoms with Crippen molar-refractivity contribution in [3.8, 4) is 0 Å². The van der Waals surface area contributed by atoms with Crippen molar-refractivity contribution in [3.63, 3.8) is 0 Å². The molecule has 1 heterocycles. The molecule has 2 aliphatic rings. The maximum atomic E-state index is 12.9. The van der Waals surface area contributed by atoms with E-state index in [9.17, 15) is 19.2 Å². The largest absolute Gasteiger partial charge is 0.466 e. The number of hydrogen-bond acceptors (Lipinski definition) is 5. The molecule has 0 aromatic carbocycles. The highest BCUT2D eigenvalue weighted by Gasteiger charge is 2.53. The maximum Gasteiger partial charge on any atom is 0.144 e. The highest BCUT2D eigenvalue weighted by Crippen LogP contribution is 2.47. The average molecular weight is 372 g/mol. The molecule has 0 saturated heterocycles. The zero-order chi connectivity index (χ0) is 20.1. The van der Waals surface area contributed by atoms with E-state index in [4.69, 9.17) is 4.42 Å². The smallest absolute Gasteiger partial charge is 0.144 e. The lowest BCUT2D eigenvalue weighted by atomic mass is 9.60. The third-order valence-corrected chi connectivity index (χ3v) is 5.81. The van der Waals surface area contributed by atoms with Gasteiger partial charge < -0.3 is 4.42 Å². The molecule has 1 aromatic heterocycles. The Bertz CT molecular complexity index is 722. The zero-order valence-corrected chi connectivity index (χ0v) is 16.8. The van der Waals surface area contributed by atoms with Gasteiger partial charge in [-0.05, 0) is 29.9 Å². The van der Waals surface area contributed by atoms with Gasteiger partial charge in [0, 0.05) is 25.7 Å². The lowest BCUT2D eigenvalue weighted by Crippen LogP contribution is -2.48. The Hall–Kier alpha value is -2.04. The molecule has 0 spiro atoms. The minimum absolute atomic E-state index is 0.194. The highest BCUT2D eigenvalue weighted by molar-refractivity contribution is 6.10. The van der Waals surface area contributed by atoms with Gasteiger partial charge >= 0.3 is 0 Å². The van der Waals surface area contributed by atoms with Crippen molar-refractivity contribution in [1.82, 2.24) is 0 Å². The number of furan rings is 1. The van der Waals surface area contributed by atoms with Gasteiger partial charge in [0.1, 0.15) is 34.7 Å². The Kier molecular flexibility index (Phi) is 4.77. The number of aryl methyl sites for hydroxylation is 1. The van der Waals surface area contributed by atoms with E-state index in [2.05, 4.69) is 0 Å². The first-order chi connectivity index (χ1) is 12.4. The average Bonchev–Trinajstić information content (AvgIpc) is 2.87. The summed E-state index contributed by atoms with van der Waals surface area (Å²) in [6.07, 6.45) is 1.06. The molecule has 5 nitrogen and oxygen atoms in total. The van der Waals surface area contributed by atoms with Crippen molar-refractivity contribution in [1.29, 1.82) is 0 Å². The minimum atomic E-state index is -0.984. The van der Waals surface area contributed by atoms with Gasteiger partial charge in [0.15, 0.2) is 0 Å². The molecular weight excluding hydrogens is 344 g/mol. The molecule has 0 unspecified atom stereocenters. The first-order valence-electron chi connectivity index (χ1n) is 9.57. The molecule has 2 fully saturated rings. The van der Waals surface area contributed by atoms with Gasteiger partial charge in [-0.3, -0.25) is 19.2 Å². The molecule has 0 bridgehead atoms. The number of rotatable bonds is 3. The molecule has 2 aliphatic carbocycles.